The number of fused-ring (bicyclic) bond motifs is 2. The van der Waals surface area contributed by atoms with Crippen molar-refractivity contribution in [3.05, 3.63) is 23.8 Å². The van der Waals surface area contributed by atoms with Crippen LogP contribution in [-0.4, -0.2) is 31.7 Å². The molecule has 1 N–H and O–H groups in total. The first-order chi connectivity index (χ1) is 9.63. The molecule has 0 aliphatic carbocycles. The van der Waals surface area contributed by atoms with Gasteiger partial charge in [-0.15, -0.1) is 0 Å². The molecule has 1 amide bonds. The van der Waals surface area contributed by atoms with E-state index in [-0.39, 0.29) is 23.6 Å². The molecule has 1 aromatic rings. The lowest BCUT2D eigenvalue weighted by molar-refractivity contribution is -0.120. The Kier molecular flexibility index (Phi) is 3.33. The molecule has 2 heterocycles. The summed E-state index contributed by atoms with van der Waals surface area (Å²) in [4.78, 5) is 13.9. The van der Waals surface area contributed by atoms with Gasteiger partial charge in [0.15, 0.2) is 11.6 Å². The summed E-state index contributed by atoms with van der Waals surface area (Å²) in [5.74, 6) is -2.37. The zero-order valence-corrected chi connectivity index (χ0v) is 11.2. The van der Waals surface area contributed by atoms with Crippen LogP contribution >= 0.6 is 0 Å². The van der Waals surface area contributed by atoms with Crippen molar-refractivity contribution < 1.29 is 18.3 Å². The minimum Gasteiger partial charge on any atom is -0.378 e. The molecule has 1 fully saturated rings. The fourth-order valence-corrected chi connectivity index (χ4v) is 2.93. The Hall–Kier alpha value is -1.69. The van der Waals surface area contributed by atoms with Crippen molar-refractivity contribution in [3.8, 4) is 0 Å². The summed E-state index contributed by atoms with van der Waals surface area (Å²) in [5.41, 5.74) is 0.468. The quantitative estimate of drug-likeness (QED) is 0.903. The van der Waals surface area contributed by atoms with Crippen LogP contribution in [0, 0.1) is 17.6 Å². The molecular weight excluding hydrogens is 266 g/mol. The van der Waals surface area contributed by atoms with Crippen LogP contribution in [0.3, 0.4) is 0 Å². The predicted molar refractivity (Wildman–Crippen MR) is 70.7 cm³/mol. The number of nitrogens with one attached hydrogen (secondary N) is 1. The number of halogens is 2. The lowest BCUT2D eigenvalue weighted by Crippen LogP contribution is -2.43. The summed E-state index contributed by atoms with van der Waals surface area (Å²) in [6.07, 6.45) is 0.771. The van der Waals surface area contributed by atoms with E-state index in [1.54, 1.807) is 4.90 Å². The molecule has 2 unspecified atom stereocenters. The lowest BCUT2D eigenvalue weighted by Gasteiger charge is -2.31. The number of carbonyl (C=O) groups is 1. The summed E-state index contributed by atoms with van der Waals surface area (Å²) >= 11 is 0. The SMILES string of the molecule is CCCN1c2c(ccc(F)c2F)NC(=O)C2COCC21. The Labute approximate surface area is 115 Å². The van der Waals surface area contributed by atoms with Gasteiger partial charge in [0.05, 0.1) is 30.9 Å². The number of nitrogens with zero attached hydrogens (tertiary/aromatic N) is 1. The molecule has 0 aromatic heterocycles. The van der Waals surface area contributed by atoms with Gasteiger partial charge in [-0.25, -0.2) is 8.78 Å². The number of carbonyl (C=O) groups excluding carboxylic acids is 1. The first kappa shape index (κ1) is 13.3. The molecule has 0 radical (unpaired) electrons. The summed E-state index contributed by atoms with van der Waals surface area (Å²) in [6.45, 7) is 3.18. The normalized spacial score (nSPS) is 24.9. The molecule has 4 nitrogen and oxygen atoms in total. The summed E-state index contributed by atoms with van der Waals surface area (Å²) in [5, 5.41) is 2.68. The molecule has 6 heteroatoms. The van der Waals surface area contributed by atoms with Gasteiger partial charge in [0, 0.05) is 6.54 Å². The second-order valence-corrected chi connectivity index (χ2v) is 5.15. The van der Waals surface area contributed by atoms with Gasteiger partial charge in [-0.3, -0.25) is 4.79 Å². The highest BCUT2D eigenvalue weighted by atomic mass is 19.2. The Morgan fingerprint density at radius 3 is 2.95 bits per heavy atom. The molecule has 0 bridgehead atoms. The Bertz CT molecular complexity index is 550. The molecule has 1 aromatic carbocycles. The topological polar surface area (TPSA) is 41.6 Å². The van der Waals surface area contributed by atoms with Gasteiger partial charge in [0.25, 0.3) is 0 Å². The van der Waals surface area contributed by atoms with E-state index in [1.165, 1.54) is 6.07 Å². The maximum atomic E-state index is 14.2. The van der Waals surface area contributed by atoms with Gasteiger partial charge in [-0.1, -0.05) is 6.92 Å². The van der Waals surface area contributed by atoms with Crippen LogP contribution in [0.2, 0.25) is 0 Å². The first-order valence-corrected chi connectivity index (χ1v) is 6.76. The molecule has 2 atom stereocenters. The Morgan fingerprint density at radius 1 is 1.40 bits per heavy atom. The van der Waals surface area contributed by atoms with E-state index in [1.807, 2.05) is 6.92 Å². The van der Waals surface area contributed by atoms with Crippen molar-refractivity contribution in [1.82, 2.24) is 0 Å². The zero-order chi connectivity index (χ0) is 14.3. The van der Waals surface area contributed by atoms with Crippen molar-refractivity contribution in [2.45, 2.75) is 19.4 Å². The number of anilines is 2. The average molecular weight is 282 g/mol. The third-order valence-corrected chi connectivity index (χ3v) is 3.87. The standard InChI is InChI=1S/C14H16F2N2O2/c1-2-5-18-11-7-20-6-8(11)14(19)17-10-4-3-9(15)12(16)13(10)18/h3-4,8,11H,2,5-7H2,1H3,(H,17,19). The van der Waals surface area contributed by atoms with Gasteiger partial charge in [0.1, 0.15) is 5.69 Å². The second kappa shape index (κ2) is 5.01. The number of hydrogen-bond donors (Lipinski definition) is 1. The molecule has 0 spiro atoms. The lowest BCUT2D eigenvalue weighted by atomic mass is 10.0. The van der Waals surface area contributed by atoms with Crippen molar-refractivity contribution in [2.24, 2.45) is 5.92 Å². The monoisotopic (exact) mass is 282 g/mol. The highest BCUT2D eigenvalue weighted by Gasteiger charge is 2.42. The van der Waals surface area contributed by atoms with Crippen LogP contribution in [0.25, 0.3) is 0 Å². The number of benzene rings is 1. The van der Waals surface area contributed by atoms with Crippen LogP contribution in [0.1, 0.15) is 13.3 Å². The van der Waals surface area contributed by atoms with Crippen LogP contribution < -0.4 is 10.2 Å². The molecular formula is C14H16F2N2O2. The third-order valence-electron chi connectivity index (χ3n) is 3.87. The molecule has 108 valence electrons. The Morgan fingerprint density at radius 2 is 2.20 bits per heavy atom. The molecule has 3 rings (SSSR count). The van der Waals surface area contributed by atoms with Crippen molar-refractivity contribution in [3.63, 3.8) is 0 Å². The van der Waals surface area contributed by atoms with E-state index in [2.05, 4.69) is 5.32 Å². The summed E-state index contributed by atoms with van der Waals surface area (Å²) in [6, 6.07) is 2.21. The second-order valence-electron chi connectivity index (χ2n) is 5.15. The minimum absolute atomic E-state index is 0.137. The van der Waals surface area contributed by atoms with Gasteiger partial charge < -0.3 is 15.0 Å². The van der Waals surface area contributed by atoms with E-state index in [9.17, 15) is 13.6 Å². The molecule has 0 saturated carbocycles. The third kappa shape index (κ3) is 1.95. The fourth-order valence-electron chi connectivity index (χ4n) is 2.93. The summed E-state index contributed by atoms with van der Waals surface area (Å²) in [7, 11) is 0. The van der Waals surface area contributed by atoms with Gasteiger partial charge in [-0.2, -0.15) is 0 Å². The smallest absolute Gasteiger partial charge is 0.232 e. The van der Waals surface area contributed by atoms with Crippen molar-refractivity contribution in [2.75, 3.05) is 30.0 Å². The van der Waals surface area contributed by atoms with Crippen LogP contribution in [-0.2, 0) is 9.53 Å². The molecule has 20 heavy (non-hydrogen) atoms. The number of amides is 1. The van der Waals surface area contributed by atoms with Crippen LogP contribution in [0.5, 0.6) is 0 Å². The molecule has 2 aliphatic heterocycles. The number of hydrogen-bond acceptors (Lipinski definition) is 3. The van der Waals surface area contributed by atoms with Crippen LogP contribution in [0.15, 0.2) is 12.1 Å². The highest BCUT2D eigenvalue weighted by molar-refractivity contribution is 5.98. The van der Waals surface area contributed by atoms with Gasteiger partial charge >= 0.3 is 0 Å². The highest BCUT2D eigenvalue weighted by Crippen LogP contribution is 2.38. The average Bonchev–Trinajstić information content (AvgIpc) is 2.87. The zero-order valence-electron chi connectivity index (χ0n) is 11.2. The molecule has 2 aliphatic rings. The van der Waals surface area contributed by atoms with E-state index in [4.69, 9.17) is 4.74 Å². The van der Waals surface area contributed by atoms with E-state index >= 15 is 0 Å². The number of rotatable bonds is 2. The van der Waals surface area contributed by atoms with Crippen molar-refractivity contribution in [1.29, 1.82) is 0 Å². The first-order valence-electron chi connectivity index (χ1n) is 6.76. The summed E-state index contributed by atoms with van der Waals surface area (Å²) < 4.78 is 33.1. The van der Waals surface area contributed by atoms with Gasteiger partial charge in [-0.05, 0) is 18.6 Å². The maximum absolute atomic E-state index is 14.2. The van der Waals surface area contributed by atoms with Crippen LogP contribution in [0.4, 0.5) is 20.2 Å². The fraction of sp³-hybridized carbons (Fsp3) is 0.500. The van der Waals surface area contributed by atoms with Gasteiger partial charge in [0.2, 0.25) is 5.91 Å². The van der Waals surface area contributed by atoms with E-state index in [0.717, 1.165) is 12.5 Å². The maximum Gasteiger partial charge on any atom is 0.232 e. The van der Waals surface area contributed by atoms with E-state index in [0.29, 0.717) is 25.4 Å². The van der Waals surface area contributed by atoms with Crippen molar-refractivity contribution >= 4 is 17.3 Å². The number of ether oxygens (including phenoxy) is 1. The Balaban J connectivity index is 2.14. The molecule has 1 saturated heterocycles. The largest absolute Gasteiger partial charge is 0.378 e. The minimum atomic E-state index is -0.913. The van der Waals surface area contributed by atoms with E-state index < -0.39 is 11.6 Å². The predicted octanol–water partition coefficient (Wildman–Crippen LogP) is 2.15.